The first-order chi connectivity index (χ1) is 8.06. The van der Waals surface area contributed by atoms with E-state index in [-0.39, 0.29) is 0 Å². The summed E-state index contributed by atoms with van der Waals surface area (Å²) in [6, 6.07) is 5.50. The number of benzene rings is 1. The van der Waals surface area contributed by atoms with Crippen molar-refractivity contribution in [1.82, 2.24) is 9.97 Å². The zero-order valence-electron chi connectivity index (χ0n) is 10.2. The maximum Gasteiger partial charge on any atom is 0.238 e. The largest absolute Gasteiger partial charge is 0.437 e. The topological polar surface area (TPSA) is 61.0 Å². The lowest BCUT2D eigenvalue weighted by Gasteiger charge is -2.09. The molecule has 2 aromatic rings. The molecule has 1 heterocycles. The van der Waals surface area contributed by atoms with Crippen LogP contribution >= 0.6 is 0 Å². The van der Waals surface area contributed by atoms with E-state index in [4.69, 9.17) is 10.5 Å². The summed E-state index contributed by atoms with van der Waals surface area (Å²) in [6.45, 7) is 5.77. The maximum atomic E-state index is 5.68. The molecule has 0 radical (unpaired) electrons. The molecule has 4 nitrogen and oxygen atoms in total. The third-order valence-corrected chi connectivity index (χ3v) is 2.58. The van der Waals surface area contributed by atoms with Crippen LogP contribution in [0, 0.1) is 20.8 Å². The van der Waals surface area contributed by atoms with E-state index in [9.17, 15) is 0 Å². The van der Waals surface area contributed by atoms with Gasteiger partial charge in [0.15, 0.2) is 0 Å². The average molecular weight is 229 g/mol. The number of aromatic nitrogens is 2. The number of nitrogens with two attached hydrogens (primary N) is 1. The molecule has 0 saturated carbocycles. The maximum absolute atomic E-state index is 5.68. The molecule has 0 aliphatic rings. The highest BCUT2D eigenvalue weighted by Crippen LogP contribution is 2.25. The summed E-state index contributed by atoms with van der Waals surface area (Å²) in [5.74, 6) is 1.25. The molecule has 0 spiro atoms. The molecular weight excluding hydrogens is 214 g/mol. The van der Waals surface area contributed by atoms with Crippen LogP contribution < -0.4 is 10.5 Å². The number of ether oxygens (including phenoxy) is 1. The third kappa shape index (κ3) is 2.53. The van der Waals surface area contributed by atoms with Gasteiger partial charge in [-0.2, -0.15) is 0 Å². The fourth-order valence-electron chi connectivity index (χ4n) is 1.47. The molecule has 0 unspecified atom stereocenters. The molecule has 1 aromatic carbocycles. The molecule has 0 bridgehead atoms. The zero-order chi connectivity index (χ0) is 12.4. The van der Waals surface area contributed by atoms with E-state index in [1.54, 1.807) is 12.3 Å². The number of hydrogen-bond acceptors (Lipinski definition) is 4. The zero-order valence-corrected chi connectivity index (χ0v) is 10.2. The van der Waals surface area contributed by atoms with E-state index in [1.807, 2.05) is 32.9 Å². The summed E-state index contributed by atoms with van der Waals surface area (Å²) in [4.78, 5) is 8.53. The number of nitrogens with zero attached hydrogens (tertiary/aromatic N) is 2. The van der Waals surface area contributed by atoms with Gasteiger partial charge in [0.05, 0.1) is 17.6 Å². The third-order valence-electron chi connectivity index (χ3n) is 2.58. The number of nitrogen functional groups attached to an aromatic ring is 1. The van der Waals surface area contributed by atoms with Gasteiger partial charge in [0.25, 0.3) is 0 Å². The Labute approximate surface area is 100 Å². The van der Waals surface area contributed by atoms with E-state index in [0.717, 1.165) is 28.4 Å². The first-order valence-corrected chi connectivity index (χ1v) is 5.40. The van der Waals surface area contributed by atoms with Gasteiger partial charge in [-0.05, 0) is 44.5 Å². The fraction of sp³-hybridized carbons (Fsp3) is 0.231. The Kier molecular flexibility index (Phi) is 2.95. The number of aryl methyl sites for hydroxylation is 3. The predicted molar refractivity (Wildman–Crippen MR) is 67.2 cm³/mol. The van der Waals surface area contributed by atoms with Gasteiger partial charge in [-0.3, -0.25) is 4.98 Å². The van der Waals surface area contributed by atoms with Crippen LogP contribution in [-0.2, 0) is 0 Å². The molecule has 0 aliphatic carbocycles. The molecule has 4 heteroatoms. The Balaban J connectivity index is 2.28. The number of anilines is 1. The molecule has 2 rings (SSSR count). The summed E-state index contributed by atoms with van der Waals surface area (Å²) in [7, 11) is 0. The molecule has 0 fully saturated rings. The minimum Gasteiger partial charge on any atom is -0.437 e. The second kappa shape index (κ2) is 4.41. The van der Waals surface area contributed by atoms with E-state index < -0.39 is 0 Å². The van der Waals surface area contributed by atoms with Crippen molar-refractivity contribution in [3.63, 3.8) is 0 Å². The van der Waals surface area contributed by atoms with Crippen LogP contribution in [0.25, 0.3) is 0 Å². The molecule has 1 aromatic heterocycles. The van der Waals surface area contributed by atoms with Gasteiger partial charge >= 0.3 is 0 Å². The highest BCUT2D eigenvalue weighted by Gasteiger charge is 2.04. The minimum atomic E-state index is 0.501. The van der Waals surface area contributed by atoms with Gasteiger partial charge < -0.3 is 10.5 Å². The van der Waals surface area contributed by atoms with Crippen LogP contribution in [0.1, 0.15) is 17.0 Å². The van der Waals surface area contributed by atoms with Gasteiger partial charge in [0.2, 0.25) is 5.88 Å². The Hall–Kier alpha value is -2.10. The molecule has 2 N–H and O–H groups in total. The lowest BCUT2D eigenvalue weighted by molar-refractivity contribution is 0.455. The lowest BCUT2D eigenvalue weighted by Crippen LogP contribution is -1.96. The lowest BCUT2D eigenvalue weighted by atomic mass is 10.2. The Morgan fingerprint density at radius 3 is 2.53 bits per heavy atom. The molecule has 0 saturated heterocycles. The van der Waals surface area contributed by atoms with Crippen LogP contribution in [0.4, 0.5) is 5.69 Å². The van der Waals surface area contributed by atoms with E-state index in [1.165, 1.54) is 0 Å². The van der Waals surface area contributed by atoms with Crippen LogP contribution in [0.3, 0.4) is 0 Å². The first kappa shape index (κ1) is 11.4. The van der Waals surface area contributed by atoms with Crippen molar-refractivity contribution < 1.29 is 4.74 Å². The SMILES string of the molecule is Cc1cc(N)ccc1Oc1cnc(C)c(C)n1. The highest BCUT2D eigenvalue weighted by molar-refractivity contribution is 5.48. The molecule has 0 aliphatic heterocycles. The fourth-order valence-corrected chi connectivity index (χ4v) is 1.47. The standard InChI is InChI=1S/C13H15N3O/c1-8-6-11(14)4-5-12(8)17-13-7-15-9(2)10(3)16-13/h4-7H,14H2,1-3H3. The predicted octanol–water partition coefficient (Wildman–Crippen LogP) is 2.78. The Morgan fingerprint density at radius 2 is 1.88 bits per heavy atom. The summed E-state index contributed by atoms with van der Waals surface area (Å²) in [5.41, 5.74) is 9.16. The summed E-state index contributed by atoms with van der Waals surface area (Å²) in [6.07, 6.45) is 1.62. The Bertz CT molecular complexity index is 552. The van der Waals surface area contributed by atoms with Gasteiger partial charge in [0, 0.05) is 5.69 Å². The number of rotatable bonds is 2. The van der Waals surface area contributed by atoms with Crippen LogP contribution in [-0.4, -0.2) is 9.97 Å². The van der Waals surface area contributed by atoms with E-state index in [0.29, 0.717) is 5.88 Å². The van der Waals surface area contributed by atoms with Crippen LogP contribution in [0.5, 0.6) is 11.6 Å². The normalized spacial score (nSPS) is 10.3. The molecule has 0 amide bonds. The minimum absolute atomic E-state index is 0.501. The highest BCUT2D eigenvalue weighted by atomic mass is 16.5. The number of hydrogen-bond donors (Lipinski definition) is 1. The van der Waals surface area contributed by atoms with Crippen molar-refractivity contribution in [3.8, 4) is 11.6 Å². The van der Waals surface area contributed by atoms with Crippen LogP contribution in [0.2, 0.25) is 0 Å². The molecule has 88 valence electrons. The second-order valence-electron chi connectivity index (χ2n) is 4.01. The molecular formula is C13H15N3O. The average Bonchev–Trinajstić information content (AvgIpc) is 2.27. The van der Waals surface area contributed by atoms with Crippen molar-refractivity contribution in [1.29, 1.82) is 0 Å². The van der Waals surface area contributed by atoms with Gasteiger partial charge in [-0.15, -0.1) is 0 Å². The van der Waals surface area contributed by atoms with Crippen molar-refractivity contribution >= 4 is 5.69 Å². The van der Waals surface area contributed by atoms with Crippen molar-refractivity contribution in [2.75, 3.05) is 5.73 Å². The first-order valence-electron chi connectivity index (χ1n) is 5.40. The van der Waals surface area contributed by atoms with Crippen LogP contribution in [0.15, 0.2) is 24.4 Å². The quantitative estimate of drug-likeness (QED) is 0.804. The smallest absolute Gasteiger partial charge is 0.238 e. The molecule has 0 atom stereocenters. The van der Waals surface area contributed by atoms with Gasteiger partial charge in [0.1, 0.15) is 5.75 Å². The van der Waals surface area contributed by atoms with Crippen molar-refractivity contribution in [2.24, 2.45) is 0 Å². The van der Waals surface area contributed by atoms with E-state index >= 15 is 0 Å². The second-order valence-corrected chi connectivity index (χ2v) is 4.01. The van der Waals surface area contributed by atoms with Crippen molar-refractivity contribution in [2.45, 2.75) is 20.8 Å². The summed E-state index contributed by atoms with van der Waals surface area (Å²) < 4.78 is 5.67. The van der Waals surface area contributed by atoms with Gasteiger partial charge in [-0.1, -0.05) is 0 Å². The van der Waals surface area contributed by atoms with Crippen molar-refractivity contribution in [3.05, 3.63) is 41.3 Å². The molecule has 17 heavy (non-hydrogen) atoms. The summed E-state index contributed by atoms with van der Waals surface area (Å²) in [5, 5.41) is 0. The van der Waals surface area contributed by atoms with E-state index in [2.05, 4.69) is 9.97 Å². The monoisotopic (exact) mass is 229 g/mol. The summed E-state index contributed by atoms with van der Waals surface area (Å²) >= 11 is 0. The Morgan fingerprint density at radius 1 is 1.12 bits per heavy atom. The van der Waals surface area contributed by atoms with Gasteiger partial charge in [-0.25, -0.2) is 4.98 Å².